The Balaban J connectivity index is 1.45. The van der Waals surface area contributed by atoms with Crippen LogP contribution in [0, 0.1) is 5.92 Å². The molecule has 2 aromatic rings. The van der Waals surface area contributed by atoms with Crippen LogP contribution in [0.2, 0.25) is 0 Å². The van der Waals surface area contributed by atoms with E-state index in [1.807, 2.05) is 60.2 Å². The molecule has 30 heavy (non-hydrogen) atoms. The summed E-state index contributed by atoms with van der Waals surface area (Å²) in [5, 5.41) is 3.03. The zero-order valence-corrected chi connectivity index (χ0v) is 18.5. The van der Waals surface area contributed by atoms with E-state index in [1.54, 1.807) is 18.0 Å². The molecule has 1 fully saturated rings. The van der Waals surface area contributed by atoms with Gasteiger partial charge in [-0.05, 0) is 62.6 Å². The summed E-state index contributed by atoms with van der Waals surface area (Å²) in [6.45, 7) is 6.68. The van der Waals surface area contributed by atoms with Gasteiger partial charge in [-0.15, -0.1) is 11.8 Å². The normalized spacial score (nSPS) is 14.4. The second kappa shape index (κ2) is 11.0. The predicted octanol–water partition coefficient (Wildman–Crippen LogP) is 4.49. The summed E-state index contributed by atoms with van der Waals surface area (Å²) in [5.74, 6) is 0.857. The van der Waals surface area contributed by atoms with Crippen LogP contribution in [0.4, 0.5) is 10.5 Å². The van der Waals surface area contributed by atoms with E-state index < -0.39 is 0 Å². The number of benzene rings is 1. The molecule has 6 nitrogen and oxygen atoms in total. The summed E-state index contributed by atoms with van der Waals surface area (Å²) < 4.78 is 0. The molecule has 0 radical (unpaired) electrons. The Bertz CT molecular complexity index is 817. The number of carbonyl (C=O) groups excluding carboxylic acids is 2. The number of likely N-dealkylation sites (tertiary alicyclic amines) is 1. The van der Waals surface area contributed by atoms with E-state index in [1.165, 1.54) is 5.56 Å². The van der Waals surface area contributed by atoms with Crippen molar-refractivity contribution in [2.45, 2.75) is 37.3 Å². The van der Waals surface area contributed by atoms with Crippen LogP contribution < -0.4 is 5.32 Å². The van der Waals surface area contributed by atoms with Crippen molar-refractivity contribution in [2.24, 2.45) is 5.92 Å². The molecule has 0 atom stereocenters. The first-order valence-electron chi connectivity index (χ1n) is 10.6. The van der Waals surface area contributed by atoms with E-state index in [2.05, 4.69) is 16.4 Å². The molecule has 1 aliphatic rings. The number of carbonyl (C=O) groups is 2. The lowest BCUT2D eigenvalue weighted by atomic mass is 9.96. The zero-order valence-electron chi connectivity index (χ0n) is 17.7. The quantitative estimate of drug-likeness (QED) is 0.663. The highest BCUT2D eigenvalue weighted by Gasteiger charge is 2.28. The SMILES string of the molecule is CCN(CC)C(=O)N1CCC(C(=O)Nc2ccc(SCc3cccnc3)cc2)CC1. The third-order valence-corrected chi connectivity index (χ3v) is 6.50. The number of aromatic nitrogens is 1. The molecule has 3 rings (SSSR count). The van der Waals surface area contributed by atoms with Crippen LogP contribution in [-0.4, -0.2) is 52.9 Å². The largest absolute Gasteiger partial charge is 0.326 e. The summed E-state index contributed by atoms with van der Waals surface area (Å²) in [6.07, 6.45) is 5.07. The molecule has 0 unspecified atom stereocenters. The molecule has 1 aliphatic heterocycles. The van der Waals surface area contributed by atoms with Gasteiger partial charge in [-0.1, -0.05) is 6.07 Å². The highest BCUT2D eigenvalue weighted by molar-refractivity contribution is 7.98. The average Bonchev–Trinajstić information content (AvgIpc) is 2.80. The fourth-order valence-corrected chi connectivity index (χ4v) is 4.39. The van der Waals surface area contributed by atoms with Gasteiger partial charge in [0.2, 0.25) is 5.91 Å². The molecule has 7 heteroatoms. The summed E-state index contributed by atoms with van der Waals surface area (Å²) in [5.41, 5.74) is 2.00. The Hall–Kier alpha value is -2.54. The molecule has 1 aromatic heterocycles. The fraction of sp³-hybridized carbons (Fsp3) is 0.435. The van der Waals surface area contributed by atoms with Gasteiger partial charge in [0.05, 0.1) is 0 Å². The van der Waals surface area contributed by atoms with Crippen LogP contribution in [0.1, 0.15) is 32.3 Å². The van der Waals surface area contributed by atoms with Crippen molar-refractivity contribution < 1.29 is 9.59 Å². The lowest BCUT2D eigenvalue weighted by Gasteiger charge is -2.34. The van der Waals surface area contributed by atoms with Crippen LogP contribution in [0.25, 0.3) is 0 Å². The van der Waals surface area contributed by atoms with E-state index in [0.717, 1.165) is 16.3 Å². The molecule has 160 valence electrons. The van der Waals surface area contributed by atoms with Gasteiger partial charge in [0.25, 0.3) is 0 Å². The Labute approximate surface area is 183 Å². The van der Waals surface area contributed by atoms with Crippen molar-refractivity contribution in [1.82, 2.24) is 14.8 Å². The number of amides is 3. The molecule has 0 spiro atoms. The Kier molecular flexibility index (Phi) is 8.13. The number of piperidine rings is 1. The molecular weight excluding hydrogens is 396 g/mol. The van der Waals surface area contributed by atoms with Crippen molar-refractivity contribution >= 4 is 29.4 Å². The highest BCUT2D eigenvalue weighted by atomic mass is 32.2. The Morgan fingerprint density at radius 1 is 1.13 bits per heavy atom. The van der Waals surface area contributed by atoms with E-state index in [0.29, 0.717) is 39.0 Å². The second-order valence-electron chi connectivity index (χ2n) is 7.38. The van der Waals surface area contributed by atoms with Crippen LogP contribution >= 0.6 is 11.8 Å². The molecule has 1 saturated heterocycles. The molecule has 2 heterocycles. The summed E-state index contributed by atoms with van der Waals surface area (Å²) in [4.78, 5) is 34.1. The van der Waals surface area contributed by atoms with Crippen molar-refractivity contribution in [2.75, 3.05) is 31.5 Å². The topological polar surface area (TPSA) is 65.5 Å². The fourth-order valence-electron chi connectivity index (χ4n) is 3.56. The van der Waals surface area contributed by atoms with Gasteiger partial charge in [-0.3, -0.25) is 9.78 Å². The number of hydrogen-bond acceptors (Lipinski definition) is 4. The number of rotatable bonds is 7. The van der Waals surface area contributed by atoms with Gasteiger partial charge in [0.1, 0.15) is 0 Å². The molecular formula is C23H30N4O2S. The maximum Gasteiger partial charge on any atom is 0.319 e. The van der Waals surface area contributed by atoms with Gasteiger partial charge in [-0.25, -0.2) is 4.79 Å². The molecule has 0 aliphatic carbocycles. The van der Waals surface area contributed by atoms with Crippen LogP contribution in [0.5, 0.6) is 0 Å². The van der Waals surface area contributed by atoms with Crippen LogP contribution in [0.15, 0.2) is 53.7 Å². The van der Waals surface area contributed by atoms with Gasteiger partial charge < -0.3 is 15.1 Å². The number of urea groups is 1. The van der Waals surface area contributed by atoms with Crippen molar-refractivity contribution in [3.63, 3.8) is 0 Å². The third-order valence-electron chi connectivity index (χ3n) is 5.42. The minimum Gasteiger partial charge on any atom is -0.326 e. The second-order valence-corrected chi connectivity index (χ2v) is 8.43. The third kappa shape index (κ3) is 5.98. The highest BCUT2D eigenvalue weighted by Crippen LogP contribution is 2.25. The summed E-state index contributed by atoms with van der Waals surface area (Å²) in [7, 11) is 0. The molecule has 1 N–H and O–H groups in total. The number of anilines is 1. The number of hydrogen-bond donors (Lipinski definition) is 1. The number of thioether (sulfide) groups is 1. The first-order chi connectivity index (χ1) is 14.6. The maximum absolute atomic E-state index is 12.6. The van der Waals surface area contributed by atoms with Crippen molar-refractivity contribution in [3.8, 4) is 0 Å². The van der Waals surface area contributed by atoms with E-state index in [4.69, 9.17) is 0 Å². The number of nitrogens with one attached hydrogen (secondary N) is 1. The number of pyridine rings is 1. The minimum absolute atomic E-state index is 0.0423. The smallest absolute Gasteiger partial charge is 0.319 e. The minimum atomic E-state index is -0.0506. The standard InChI is InChI=1S/C23H30N4O2S/c1-3-26(4-2)23(29)27-14-11-19(12-15-27)22(28)25-20-7-9-21(10-8-20)30-17-18-6-5-13-24-16-18/h5-10,13,16,19H,3-4,11-12,14-15,17H2,1-2H3,(H,25,28). The summed E-state index contributed by atoms with van der Waals surface area (Å²) in [6, 6.07) is 12.0. The van der Waals surface area contributed by atoms with Gasteiger partial charge in [-0.2, -0.15) is 0 Å². The predicted molar refractivity (Wildman–Crippen MR) is 121 cm³/mol. The first kappa shape index (κ1) is 22.2. The zero-order chi connectivity index (χ0) is 21.3. The summed E-state index contributed by atoms with van der Waals surface area (Å²) >= 11 is 1.74. The monoisotopic (exact) mass is 426 g/mol. The van der Waals surface area contributed by atoms with Gasteiger partial charge >= 0.3 is 6.03 Å². The molecule has 3 amide bonds. The van der Waals surface area contributed by atoms with Crippen LogP contribution in [-0.2, 0) is 10.5 Å². The maximum atomic E-state index is 12.6. The Morgan fingerprint density at radius 2 is 1.83 bits per heavy atom. The van der Waals surface area contributed by atoms with E-state index in [9.17, 15) is 9.59 Å². The average molecular weight is 427 g/mol. The van der Waals surface area contributed by atoms with Crippen molar-refractivity contribution in [1.29, 1.82) is 0 Å². The van der Waals surface area contributed by atoms with E-state index >= 15 is 0 Å². The molecule has 0 bridgehead atoms. The van der Waals surface area contributed by atoms with Gasteiger partial charge in [0.15, 0.2) is 0 Å². The lowest BCUT2D eigenvalue weighted by molar-refractivity contribution is -0.121. The van der Waals surface area contributed by atoms with E-state index in [-0.39, 0.29) is 17.9 Å². The first-order valence-corrected chi connectivity index (χ1v) is 11.6. The van der Waals surface area contributed by atoms with Gasteiger partial charge in [0, 0.05) is 60.8 Å². The Morgan fingerprint density at radius 3 is 2.43 bits per heavy atom. The lowest BCUT2D eigenvalue weighted by Crippen LogP contribution is -2.47. The van der Waals surface area contributed by atoms with Crippen molar-refractivity contribution in [3.05, 3.63) is 54.4 Å². The van der Waals surface area contributed by atoms with Crippen LogP contribution in [0.3, 0.4) is 0 Å². The number of nitrogens with zero attached hydrogens (tertiary/aromatic N) is 3. The molecule has 1 aromatic carbocycles. The molecule has 0 saturated carbocycles.